The Morgan fingerprint density at radius 2 is 1.96 bits per heavy atom. The lowest BCUT2D eigenvalue weighted by Crippen LogP contribution is -1.89. The minimum atomic E-state index is 0.518. The predicted molar refractivity (Wildman–Crippen MR) is 99.8 cm³/mol. The number of halogens is 1. The van der Waals surface area contributed by atoms with Gasteiger partial charge < -0.3 is 4.52 Å². The van der Waals surface area contributed by atoms with Gasteiger partial charge in [-0.05, 0) is 24.6 Å². The summed E-state index contributed by atoms with van der Waals surface area (Å²) >= 11 is 7.62. The molecule has 124 valence electrons. The third-order valence-electron chi connectivity index (χ3n) is 3.83. The Hall–Kier alpha value is -2.50. The second-order valence-corrected chi connectivity index (χ2v) is 7.02. The Morgan fingerprint density at radius 1 is 1.08 bits per heavy atom. The van der Waals surface area contributed by atoms with Crippen LogP contribution in [0.5, 0.6) is 0 Å². The quantitative estimate of drug-likeness (QED) is 0.483. The number of nitrogens with zero attached hydrogens (tertiary/aromatic N) is 3. The van der Waals surface area contributed by atoms with Crippen molar-refractivity contribution in [2.75, 3.05) is 0 Å². The number of aryl methyl sites for hydroxylation is 1. The summed E-state index contributed by atoms with van der Waals surface area (Å²) in [6.07, 6.45) is 0.518. The number of benzene rings is 2. The summed E-state index contributed by atoms with van der Waals surface area (Å²) in [5.74, 6) is 1.17. The van der Waals surface area contributed by atoms with Crippen LogP contribution in [0.4, 0.5) is 0 Å². The molecule has 0 aliphatic heterocycles. The molecular weight excluding hydrogens is 354 g/mol. The van der Waals surface area contributed by atoms with E-state index in [9.17, 15) is 0 Å². The highest BCUT2D eigenvalue weighted by Gasteiger charge is 2.13. The standard InChI is InChI=1S/C19H14ClN3OS/c1-12-5-2-3-8-15(12)19-22-17(24-23-19)10-18-21-16(11-25-18)13-6-4-7-14(20)9-13/h2-9,11H,10H2,1H3. The Bertz CT molecular complexity index is 1020. The molecule has 0 radical (unpaired) electrons. The molecule has 4 rings (SSSR count). The first kappa shape index (κ1) is 16.0. The molecule has 0 unspecified atom stereocenters. The van der Waals surface area contributed by atoms with Crippen molar-refractivity contribution in [2.24, 2.45) is 0 Å². The third kappa shape index (κ3) is 3.48. The van der Waals surface area contributed by atoms with Crippen molar-refractivity contribution < 1.29 is 4.52 Å². The van der Waals surface area contributed by atoms with Crippen molar-refractivity contribution in [1.82, 2.24) is 15.1 Å². The molecule has 0 spiro atoms. The van der Waals surface area contributed by atoms with Crippen molar-refractivity contribution >= 4 is 22.9 Å². The number of hydrogen-bond donors (Lipinski definition) is 0. The van der Waals surface area contributed by atoms with Crippen molar-refractivity contribution in [3.05, 3.63) is 75.4 Å². The first-order valence-corrected chi connectivity index (χ1v) is 9.04. The van der Waals surface area contributed by atoms with E-state index in [1.807, 2.05) is 60.8 Å². The Balaban J connectivity index is 1.55. The predicted octanol–water partition coefficient (Wildman–Crippen LogP) is 5.41. The minimum Gasteiger partial charge on any atom is -0.339 e. The van der Waals surface area contributed by atoms with E-state index >= 15 is 0 Å². The Morgan fingerprint density at radius 3 is 2.80 bits per heavy atom. The van der Waals surface area contributed by atoms with E-state index in [4.69, 9.17) is 16.1 Å². The molecule has 0 saturated heterocycles. The molecule has 0 aliphatic carbocycles. The van der Waals surface area contributed by atoms with Gasteiger partial charge in [0.2, 0.25) is 11.7 Å². The van der Waals surface area contributed by atoms with Crippen molar-refractivity contribution in [3.8, 4) is 22.6 Å². The molecule has 25 heavy (non-hydrogen) atoms. The maximum absolute atomic E-state index is 6.05. The summed E-state index contributed by atoms with van der Waals surface area (Å²) < 4.78 is 5.40. The van der Waals surface area contributed by atoms with Gasteiger partial charge in [-0.2, -0.15) is 4.98 Å². The van der Waals surface area contributed by atoms with Crippen LogP contribution in [0.2, 0.25) is 5.02 Å². The molecule has 2 aromatic heterocycles. The highest BCUT2D eigenvalue weighted by molar-refractivity contribution is 7.10. The fraction of sp³-hybridized carbons (Fsp3) is 0.105. The first-order chi connectivity index (χ1) is 12.2. The van der Waals surface area contributed by atoms with Crippen LogP contribution >= 0.6 is 22.9 Å². The van der Waals surface area contributed by atoms with Crippen LogP contribution < -0.4 is 0 Å². The van der Waals surface area contributed by atoms with E-state index in [-0.39, 0.29) is 0 Å². The monoisotopic (exact) mass is 367 g/mol. The summed E-state index contributed by atoms with van der Waals surface area (Å²) in [6.45, 7) is 2.03. The largest absolute Gasteiger partial charge is 0.339 e. The highest BCUT2D eigenvalue weighted by atomic mass is 35.5. The van der Waals surface area contributed by atoms with E-state index in [1.54, 1.807) is 11.3 Å². The molecule has 0 saturated carbocycles. The summed E-state index contributed by atoms with van der Waals surface area (Å²) in [5, 5.41) is 7.73. The molecule has 0 fully saturated rings. The molecule has 2 aromatic carbocycles. The van der Waals surface area contributed by atoms with Gasteiger partial charge in [0.05, 0.1) is 12.1 Å². The Kier molecular flexibility index (Phi) is 4.34. The molecular formula is C19H14ClN3OS. The lowest BCUT2D eigenvalue weighted by molar-refractivity contribution is 0.385. The van der Waals surface area contributed by atoms with Gasteiger partial charge in [0.15, 0.2) is 0 Å². The van der Waals surface area contributed by atoms with Gasteiger partial charge in [0.25, 0.3) is 0 Å². The lowest BCUT2D eigenvalue weighted by Gasteiger charge is -1.98. The minimum absolute atomic E-state index is 0.518. The molecule has 0 aliphatic rings. The summed E-state index contributed by atoms with van der Waals surface area (Å²) in [5.41, 5.74) is 4.01. The zero-order valence-corrected chi connectivity index (χ0v) is 15.0. The molecule has 0 N–H and O–H groups in total. The maximum Gasteiger partial charge on any atom is 0.233 e. The van der Waals surface area contributed by atoms with E-state index in [1.165, 1.54) is 0 Å². The molecule has 0 bridgehead atoms. The molecule has 4 aromatic rings. The van der Waals surface area contributed by atoms with Crippen LogP contribution in [0, 0.1) is 6.92 Å². The van der Waals surface area contributed by atoms with Gasteiger partial charge >= 0.3 is 0 Å². The number of rotatable bonds is 4. The van der Waals surface area contributed by atoms with Gasteiger partial charge in [-0.15, -0.1) is 11.3 Å². The van der Waals surface area contributed by atoms with Crippen LogP contribution in [0.3, 0.4) is 0 Å². The van der Waals surface area contributed by atoms with Gasteiger partial charge in [-0.3, -0.25) is 0 Å². The number of aromatic nitrogens is 3. The van der Waals surface area contributed by atoms with Gasteiger partial charge in [0, 0.05) is 21.5 Å². The average molecular weight is 368 g/mol. The first-order valence-electron chi connectivity index (χ1n) is 7.78. The molecule has 2 heterocycles. The van der Waals surface area contributed by atoms with Crippen molar-refractivity contribution in [3.63, 3.8) is 0 Å². The Labute approximate surface area is 154 Å². The third-order valence-corrected chi connectivity index (χ3v) is 4.91. The zero-order chi connectivity index (χ0) is 17.2. The van der Waals surface area contributed by atoms with E-state index in [0.29, 0.717) is 23.2 Å². The second-order valence-electron chi connectivity index (χ2n) is 5.64. The van der Waals surface area contributed by atoms with Crippen molar-refractivity contribution in [2.45, 2.75) is 13.3 Å². The fourth-order valence-corrected chi connectivity index (χ4v) is 3.55. The van der Waals surface area contributed by atoms with Crippen LogP contribution in [0.25, 0.3) is 22.6 Å². The second kappa shape index (κ2) is 6.78. The van der Waals surface area contributed by atoms with Crippen LogP contribution in [-0.4, -0.2) is 15.1 Å². The topological polar surface area (TPSA) is 51.8 Å². The van der Waals surface area contributed by atoms with Gasteiger partial charge in [-0.1, -0.05) is 53.2 Å². The normalized spacial score (nSPS) is 11.0. The SMILES string of the molecule is Cc1ccccc1-c1noc(Cc2nc(-c3cccc(Cl)c3)cs2)n1. The van der Waals surface area contributed by atoms with Gasteiger partial charge in [0.1, 0.15) is 5.01 Å². The summed E-state index contributed by atoms with van der Waals surface area (Å²) in [7, 11) is 0. The maximum atomic E-state index is 6.05. The molecule has 0 atom stereocenters. The van der Waals surface area contributed by atoms with E-state index in [2.05, 4.69) is 15.1 Å². The van der Waals surface area contributed by atoms with Crippen LogP contribution in [0.1, 0.15) is 16.5 Å². The fourth-order valence-electron chi connectivity index (χ4n) is 2.56. The smallest absolute Gasteiger partial charge is 0.233 e. The number of hydrogen-bond acceptors (Lipinski definition) is 5. The van der Waals surface area contributed by atoms with Crippen molar-refractivity contribution in [1.29, 1.82) is 0 Å². The number of thiazole rings is 1. The van der Waals surface area contributed by atoms with Crippen LogP contribution in [-0.2, 0) is 6.42 Å². The van der Waals surface area contributed by atoms with Crippen LogP contribution in [0.15, 0.2) is 58.4 Å². The van der Waals surface area contributed by atoms with E-state index < -0.39 is 0 Å². The van der Waals surface area contributed by atoms with Gasteiger partial charge in [-0.25, -0.2) is 4.98 Å². The zero-order valence-electron chi connectivity index (χ0n) is 13.4. The van der Waals surface area contributed by atoms with E-state index in [0.717, 1.165) is 27.4 Å². The molecule has 6 heteroatoms. The average Bonchev–Trinajstić information content (AvgIpc) is 3.25. The summed E-state index contributed by atoms with van der Waals surface area (Å²) in [6, 6.07) is 15.7. The highest BCUT2D eigenvalue weighted by Crippen LogP contribution is 2.26. The molecule has 0 amide bonds. The lowest BCUT2D eigenvalue weighted by atomic mass is 10.1. The summed E-state index contributed by atoms with van der Waals surface area (Å²) in [4.78, 5) is 9.15. The molecule has 4 nitrogen and oxygen atoms in total.